The molecule has 3 fully saturated rings. The molecule has 0 spiro atoms. The van der Waals surface area contributed by atoms with E-state index in [9.17, 15) is 27.6 Å². The zero-order chi connectivity index (χ0) is 67.0. The average molecular weight is 1320 g/mol. The monoisotopic (exact) mass is 1320 g/mol. The first-order valence-corrected chi connectivity index (χ1v) is 31.2. The number of alkyl halides is 3. The van der Waals surface area contributed by atoms with Crippen LogP contribution < -0.4 is 42.1 Å². The van der Waals surface area contributed by atoms with Crippen LogP contribution in [-0.4, -0.2) is 85.5 Å². The van der Waals surface area contributed by atoms with Crippen molar-refractivity contribution in [1.82, 2.24) is 29.9 Å². The third-order valence-corrected chi connectivity index (χ3v) is 17.0. The molecule has 3 aliphatic heterocycles. The number of carboxylic acid groups (broad SMARTS) is 1. The Hall–Kier alpha value is -10.5. The largest absolute Gasteiger partial charge is 0.481 e. The van der Waals surface area contributed by atoms with Crippen molar-refractivity contribution in [3.05, 3.63) is 249 Å². The van der Waals surface area contributed by atoms with E-state index in [-0.39, 0.29) is 78.7 Å². The maximum Gasteiger partial charge on any atom is 0.416 e. The van der Waals surface area contributed by atoms with Gasteiger partial charge in [0, 0.05) is 54.5 Å². The Morgan fingerprint density at radius 2 is 1.04 bits per heavy atom. The number of carboxylic acids is 1. The van der Waals surface area contributed by atoms with Gasteiger partial charge in [0.1, 0.15) is 19.0 Å². The van der Waals surface area contributed by atoms with Crippen molar-refractivity contribution in [1.29, 1.82) is 0 Å². The van der Waals surface area contributed by atoms with Crippen molar-refractivity contribution < 1.29 is 50.6 Å². The lowest BCUT2D eigenvalue weighted by Crippen LogP contribution is -2.40. The Morgan fingerprint density at radius 1 is 0.568 bits per heavy atom. The van der Waals surface area contributed by atoms with Crippen LogP contribution in [0.15, 0.2) is 177 Å². The summed E-state index contributed by atoms with van der Waals surface area (Å²) in [6.07, 6.45) is 2.21. The summed E-state index contributed by atoms with van der Waals surface area (Å²) in [4.78, 5) is 65.7. The van der Waals surface area contributed by atoms with E-state index in [4.69, 9.17) is 21.3 Å². The lowest BCUT2D eigenvalue weighted by atomic mass is 10.0. The van der Waals surface area contributed by atoms with Gasteiger partial charge in [0.2, 0.25) is 23.4 Å². The highest BCUT2D eigenvalue weighted by atomic mass is 32.1. The molecular formula is C69H68F6N14O5S. The molecule has 26 heteroatoms. The van der Waals surface area contributed by atoms with Crippen molar-refractivity contribution in [2.45, 2.75) is 82.5 Å². The number of hydrogen-bond donors (Lipinski definition) is 6. The maximum atomic E-state index is 15.4. The number of morpholine rings is 1. The minimum absolute atomic E-state index is 0.0193. The van der Waals surface area contributed by atoms with Gasteiger partial charge in [-0.2, -0.15) is 26.3 Å². The molecule has 7 heterocycles. The zero-order valence-electron chi connectivity index (χ0n) is 51.4. The summed E-state index contributed by atoms with van der Waals surface area (Å²) in [7, 11) is 0. The molecule has 3 aliphatic rings. The van der Waals surface area contributed by atoms with Crippen LogP contribution in [0.5, 0.6) is 0 Å². The number of ether oxygens (including phenoxy) is 1. The van der Waals surface area contributed by atoms with E-state index in [2.05, 4.69) is 64.6 Å². The number of carbonyl (C=O) groups excluding carboxylic acids is 2. The summed E-state index contributed by atoms with van der Waals surface area (Å²) in [5.74, 6) is -2.36. The number of rotatable bonds is 21. The first-order chi connectivity index (χ1) is 45.8. The molecule has 19 nitrogen and oxygen atoms in total. The molecular weight excluding hydrogens is 1250 g/mol. The van der Waals surface area contributed by atoms with Crippen molar-refractivity contribution in [3.63, 3.8) is 0 Å². The minimum Gasteiger partial charge on any atom is -0.481 e. The van der Waals surface area contributed by atoms with Gasteiger partial charge in [-0.1, -0.05) is 128 Å². The number of nitrogens with zero attached hydrogens (tertiary/aromatic N) is 9. The standard InChI is InChI=1S/C25H23F4N5O.C23H24FN5O.C21H21FN4O3S/c1-15(30)10-16-2-4-17(5-3-16)12-31-23-22(26)24(33-14-32-23)34-13-20(35)11-21(34)18-6-8-19(9-7-18)25(27,28)29;24-21-22(26-14-17-10-8-16(9-11-17)13-20(25)30)27-15-28-23(21)29-12-4-7-19(29)18-5-2-1-3-6-18;22-19-20(23-11-16-7-6-15(30-16)10-18(27)28)24-13-25-21(19)26-8-9-29-12-17(26)14-4-2-1-3-5-14/h2-9,14,21H,1,10-13,30H2,(H,31,32,33);1-3,5-6,8-11,15,19H,4,7,12-14H2,(H2,25,30)(H,26,27,28);1-7,13,17H,8-12H2,(H,27,28)(H,23,24,25). The van der Waals surface area contributed by atoms with E-state index >= 15 is 13.2 Å². The van der Waals surface area contributed by atoms with Crippen LogP contribution in [0.3, 0.4) is 0 Å². The first kappa shape index (κ1) is 67.4. The van der Waals surface area contributed by atoms with Gasteiger partial charge in [-0.15, -0.1) is 11.3 Å². The number of amides is 1. The summed E-state index contributed by atoms with van der Waals surface area (Å²) in [6.45, 7) is 6.86. The molecule has 12 rings (SSSR count). The molecule has 0 aliphatic carbocycles. The number of primary amides is 1. The lowest BCUT2D eigenvalue weighted by Gasteiger charge is -2.37. The van der Waals surface area contributed by atoms with Crippen molar-refractivity contribution in [3.8, 4) is 0 Å². The molecule has 3 saturated heterocycles. The van der Waals surface area contributed by atoms with Crippen LogP contribution >= 0.6 is 11.3 Å². The fourth-order valence-corrected chi connectivity index (χ4v) is 12.3. The van der Waals surface area contributed by atoms with Gasteiger partial charge in [-0.25, -0.2) is 29.9 Å². The summed E-state index contributed by atoms with van der Waals surface area (Å²) in [5, 5.41) is 17.9. The number of carbonyl (C=O) groups is 3. The van der Waals surface area contributed by atoms with Gasteiger partial charge in [-0.05, 0) is 76.1 Å². The van der Waals surface area contributed by atoms with E-state index in [1.165, 1.54) is 52.9 Å². The van der Waals surface area contributed by atoms with E-state index in [0.717, 1.165) is 69.1 Å². The topological polar surface area (TPSA) is 256 Å². The van der Waals surface area contributed by atoms with Gasteiger partial charge in [0.25, 0.3) is 0 Å². The zero-order valence-corrected chi connectivity index (χ0v) is 52.2. The van der Waals surface area contributed by atoms with Gasteiger partial charge in [0.05, 0.1) is 62.8 Å². The average Bonchev–Trinajstić information content (AvgIpc) is 1.81. The van der Waals surface area contributed by atoms with Gasteiger partial charge >= 0.3 is 12.1 Å². The number of nitrogens with one attached hydrogen (secondary N) is 3. The third-order valence-electron chi connectivity index (χ3n) is 15.9. The number of anilines is 6. The predicted molar refractivity (Wildman–Crippen MR) is 351 cm³/mol. The normalized spacial score (nSPS) is 16.1. The highest BCUT2D eigenvalue weighted by molar-refractivity contribution is 7.12. The quantitative estimate of drug-likeness (QED) is 0.0366. The molecule has 0 radical (unpaired) electrons. The Kier molecular flexibility index (Phi) is 22.3. The number of Topliss-reactive ketones (excluding diaryl/α,β-unsaturated/α-hetero) is 1. The molecule has 95 heavy (non-hydrogen) atoms. The summed E-state index contributed by atoms with van der Waals surface area (Å²) < 4.78 is 90.3. The number of benzene rings is 5. The van der Waals surface area contributed by atoms with Crippen molar-refractivity contribution in [2.24, 2.45) is 11.5 Å². The lowest BCUT2D eigenvalue weighted by molar-refractivity contribution is -0.138. The van der Waals surface area contributed by atoms with Gasteiger partial charge in [0.15, 0.2) is 40.7 Å². The second kappa shape index (κ2) is 31.4. The van der Waals surface area contributed by atoms with Crippen molar-refractivity contribution >= 4 is 63.9 Å². The van der Waals surface area contributed by atoms with Crippen LogP contribution in [0.4, 0.5) is 61.2 Å². The smallest absolute Gasteiger partial charge is 0.416 e. The highest BCUT2D eigenvalue weighted by Crippen LogP contribution is 2.40. The highest BCUT2D eigenvalue weighted by Gasteiger charge is 2.37. The summed E-state index contributed by atoms with van der Waals surface area (Å²) in [6, 6.07) is 42.5. The number of halogens is 6. The molecule has 0 saturated carbocycles. The molecule has 4 aromatic heterocycles. The Balaban J connectivity index is 0.000000156. The van der Waals surface area contributed by atoms with Gasteiger partial charge < -0.3 is 52.0 Å². The number of hydrogen-bond acceptors (Lipinski definition) is 18. The number of aromatic nitrogens is 6. The van der Waals surface area contributed by atoms with Crippen LogP contribution in [-0.2, 0) is 64.2 Å². The number of allylic oxidation sites excluding steroid dienone is 1. The number of ketones is 1. The summed E-state index contributed by atoms with van der Waals surface area (Å²) in [5.41, 5.74) is 17.0. The van der Waals surface area contributed by atoms with E-state index in [1.54, 1.807) is 6.07 Å². The molecule has 8 N–H and O–H groups in total. The Labute approximate surface area is 548 Å². The van der Waals surface area contributed by atoms with Crippen molar-refractivity contribution in [2.75, 3.05) is 63.5 Å². The minimum atomic E-state index is -4.47. The second-order valence-electron chi connectivity index (χ2n) is 22.7. The summed E-state index contributed by atoms with van der Waals surface area (Å²) >= 11 is 1.38. The maximum absolute atomic E-state index is 15.4. The molecule has 1 amide bonds. The molecule has 3 unspecified atom stereocenters. The number of nitrogens with two attached hydrogens (primary N) is 2. The van der Waals surface area contributed by atoms with Crippen LogP contribution in [0.25, 0.3) is 0 Å². The Morgan fingerprint density at radius 3 is 1.56 bits per heavy atom. The fourth-order valence-electron chi connectivity index (χ4n) is 11.3. The van der Waals surface area contributed by atoms with Crippen LogP contribution in [0.1, 0.15) is 91.6 Å². The second-order valence-corrected chi connectivity index (χ2v) is 23.9. The third kappa shape index (κ3) is 17.8. The predicted octanol–water partition coefficient (Wildman–Crippen LogP) is 11.9. The fraction of sp³-hybridized carbons (Fsp3) is 0.261. The Bertz CT molecular complexity index is 4080. The first-order valence-electron chi connectivity index (χ1n) is 30.4. The SMILES string of the molecule is C=C(N)Cc1ccc(CNc2ncnc(N3CC(=O)CC3c3ccc(C(F)(F)F)cc3)c2F)cc1.NC(=O)Cc1ccc(CNc2ncnc(N3CCCC3c3ccccc3)c2F)cc1.O=C(O)Cc1ccc(CNc2ncnc(N3CCOCC3c3ccccc3)c2F)s1. The van der Waals surface area contributed by atoms with Crippen LogP contribution in [0, 0.1) is 17.5 Å². The molecule has 3 atom stereocenters. The molecule has 0 bridgehead atoms. The van der Waals surface area contributed by atoms with Crippen LogP contribution in [0.2, 0.25) is 0 Å². The number of aliphatic carboxylic acids is 1. The number of thiophene rings is 1. The van der Waals surface area contributed by atoms with Gasteiger partial charge in [-0.3, -0.25) is 14.4 Å². The van der Waals surface area contributed by atoms with E-state index < -0.39 is 41.2 Å². The van der Waals surface area contributed by atoms with E-state index in [1.807, 2.05) is 113 Å². The molecule has 492 valence electrons. The van der Waals surface area contributed by atoms with E-state index in [0.29, 0.717) is 62.9 Å². The molecule has 9 aromatic rings. The molecule has 5 aromatic carbocycles.